The Balaban J connectivity index is 0.00000192. The summed E-state index contributed by atoms with van der Waals surface area (Å²) < 4.78 is 0. The van der Waals surface area contributed by atoms with Gasteiger partial charge in [-0.15, -0.1) is 12.4 Å². The molecule has 0 atom stereocenters. The predicted octanol–water partition coefficient (Wildman–Crippen LogP) is 2.68. The van der Waals surface area contributed by atoms with Crippen LogP contribution in [0.3, 0.4) is 0 Å². The van der Waals surface area contributed by atoms with Crippen LogP contribution in [0.25, 0.3) is 0 Å². The monoisotopic (exact) mass is 337 g/mol. The van der Waals surface area contributed by atoms with Crippen LogP contribution in [-0.2, 0) is 4.79 Å². The average Bonchev–Trinajstić information content (AvgIpc) is 2.58. The van der Waals surface area contributed by atoms with E-state index in [-0.39, 0.29) is 23.9 Å². The average molecular weight is 338 g/mol. The second-order valence-corrected chi connectivity index (χ2v) is 6.67. The van der Waals surface area contributed by atoms with E-state index in [0.717, 1.165) is 25.3 Å². The van der Waals surface area contributed by atoms with Gasteiger partial charge in [-0.3, -0.25) is 9.69 Å². The molecule has 1 saturated carbocycles. The van der Waals surface area contributed by atoms with Gasteiger partial charge in [0.25, 0.3) is 0 Å². The molecule has 1 aliphatic heterocycles. The first-order chi connectivity index (χ1) is 10.7. The largest absolute Gasteiger partial charge is 0.314 e. The van der Waals surface area contributed by atoms with Crippen LogP contribution >= 0.6 is 12.4 Å². The number of piperazine rings is 1. The molecule has 1 aromatic carbocycles. The fourth-order valence-corrected chi connectivity index (χ4v) is 3.90. The molecule has 0 bridgehead atoms. The van der Waals surface area contributed by atoms with Crippen molar-refractivity contribution < 1.29 is 4.79 Å². The van der Waals surface area contributed by atoms with Crippen molar-refractivity contribution in [1.29, 1.82) is 0 Å². The number of nitrogens with zero attached hydrogens (tertiary/aromatic N) is 2. The molecule has 128 valence electrons. The van der Waals surface area contributed by atoms with Crippen molar-refractivity contribution in [3.05, 3.63) is 30.3 Å². The highest BCUT2D eigenvalue weighted by Crippen LogP contribution is 2.34. The summed E-state index contributed by atoms with van der Waals surface area (Å²) in [6, 6.07) is 9.92. The highest BCUT2D eigenvalue weighted by atomic mass is 35.5. The van der Waals surface area contributed by atoms with Gasteiger partial charge in [0, 0.05) is 37.9 Å². The van der Waals surface area contributed by atoms with Crippen molar-refractivity contribution in [2.45, 2.75) is 37.6 Å². The molecular formula is C18H28ClN3O. The maximum Gasteiger partial charge on any atom is 0.240 e. The number of carbonyl (C=O) groups is 1. The van der Waals surface area contributed by atoms with Gasteiger partial charge in [-0.25, -0.2) is 0 Å². The third-order valence-corrected chi connectivity index (χ3v) is 5.31. The van der Waals surface area contributed by atoms with Crippen LogP contribution in [0.15, 0.2) is 30.3 Å². The van der Waals surface area contributed by atoms with Gasteiger partial charge < -0.3 is 10.2 Å². The zero-order valence-electron chi connectivity index (χ0n) is 14.0. The number of hydrogen-bond acceptors (Lipinski definition) is 3. The number of halogens is 1. The SMILES string of the molecule is CN(C(=O)CN1CCNCC12CCCCC2)c1ccccc1.Cl. The number of hydrogen-bond donors (Lipinski definition) is 1. The molecule has 1 saturated heterocycles. The van der Waals surface area contributed by atoms with Crippen molar-refractivity contribution in [1.82, 2.24) is 10.2 Å². The van der Waals surface area contributed by atoms with E-state index in [1.165, 1.54) is 32.1 Å². The number of rotatable bonds is 3. The molecule has 1 amide bonds. The lowest BCUT2D eigenvalue weighted by atomic mass is 9.79. The minimum absolute atomic E-state index is 0. The van der Waals surface area contributed by atoms with Crippen molar-refractivity contribution in [2.24, 2.45) is 0 Å². The Hall–Kier alpha value is -1.10. The smallest absolute Gasteiger partial charge is 0.240 e. The zero-order chi connectivity index (χ0) is 15.4. The minimum atomic E-state index is 0. The highest BCUT2D eigenvalue weighted by molar-refractivity contribution is 5.94. The van der Waals surface area contributed by atoms with Gasteiger partial charge in [0.05, 0.1) is 6.54 Å². The number of para-hydroxylation sites is 1. The van der Waals surface area contributed by atoms with Crippen LogP contribution in [0.4, 0.5) is 5.69 Å². The van der Waals surface area contributed by atoms with Crippen LogP contribution in [0.5, 0.6) is 0 Å². The Labute approximate surface area is 145 Å². The van der Waals surface area contributed by atoms with Crippen molar-refractivity contribution in [2.75, 3.05) is 38.1 Å². The number of carbonyl (C=O) groups excluding carboxylic acids is 1. The lowest BCUT2D eigenvalue weighted by Gasteiger charge is -2.49. The number of benzene rings is 1. The number of likely N-dealkylation sites (N-methyl/N-ethyl adjacent to an activating group) is 1. The number of anilines is 1. The fraction of sp³-hybridized carbons (Fsp3) is 0.611. The quantitative estimate of drug-likeness (QED) is 0.921. The molecule has 2 aliphatic rings. The Kier molecular flexibility index (Phi) is 6.45. The zero-order valence-corrected chi connectivity index (χ0v) is 14.8. The van der Waals surface area contributed by atoms with E-state index in [0.29, 0.717) is 6.54 Å². The van der Waals surface area contributed by atoms with Crippen LogP contribution in [0, 0.1) is 0 Å². The topological polar surface area (TPSA) is 35.6 Å². The predicted molar refractivity (Wildman–Crippen MR) is 97.4 cm³/mol. The summed E-state index contributed by atoms with van der Waals surface area (Å²) >= 11 is 0. The fourth-order valence-electron chi connectivity index (χ4n) is 3.90. The first-order valence-electron chi connectivity index (χ1n) is 8.49. The number of nitrogens with one attached hydrogen (secondary N) is 1. The second kappa shape index (κ2) is 8.13. The lowest BCUT2D eigenvalue weighted by Crippen LogP contribution is -2.63. The third-order valence-electron chi connectivity index (χ3n) is 5.31. The maximum absolute atomic E-state index is 12.7. The molecule has 2 fully saturated rings. The van der Waals surface area contributed by atoms with E-state index in [4.69, 9.17) is 0 Å². The summed E-state index contributed by atoms with van der Waals surface area (Å²) in [7, 11) is 1.88. The molecule has 5 heteroatoms. The van der Waals surface area contributed by atoms with Gasteiger partial charge in [-0.05, 0) is 25.0 Å². The van der Waals surface area contributed by atoms with Crippen LogP contribution in [-0.4, -0.2) is 49.6 Å². The normalized spacial score (nSPS) is 20.7. The van der Waals surface area contributed by atoms with E-state index < -0.39 is 0 Å². The van der Waals surface area contributed by atoms with Gasteiger partial charge in [-0.1, -0.05) is 37.5 Å². The third kappa shape index (κ3) is 4.06. The van der Waals surface area contributed by atoms with Crippen LogP contribution in [0.2, 0.25) is 0 Å². The first kappa shape index (κ1) is 18.2. The standard InChI is InChI=1S/C18H27N3O.ClH/c1-20(16-8-4-2-5-9-16)17(22)14-21-13-12-19-15-18(21)10-6-3-7-11-18;/h2,4-5,8-9,19H,3,6-7,10-15H2,1H3;1H. The molecule has 0 unspecified atom stereocenters. The summed E-state index contributed by atoms with van der Waals surface area (Å²) in [6.45, 7) is 3.54. The summed E-state index contributed by atoms with van der Waals surface area (Å²) in [5.41, 5.74) is 1.18. The summed E-state index contributed by atoms with van der Waals surface area (Å²) in [4.78, 5) is 16.9. The minimum Gasteiger partial charge on any atom is -0.314 e. The molecule has 1 heterocycles. The van der Waals surface area contributed by atoms with E-state index >= 15 is 0 Å². The van der Waals surface area contributed by atoms with Gasteiger partial charge in [0.2, 0.25) is 5.91 Å². The summed E-state index contributed by atoms with van der Waals surface area (Å²) in [5, 5.41) is 3.54. The molecule has 23 heavy (non-hydrogen) atoms. The Morgan fingerprint density at radius 2 is 1.91 bits per heavy atom. The lowest BCUT2D eigenvalue weighted by molar-refractivity contribution is -0.122. The van der Waals surface area contributed by atoms with Gasteiger partial charge in [0.1, 0.15) is 0 Å². The molecule has 3 rings (SSSR count). The second-order valence-electron chi connectivity index (χ2n) is 6.67. The van der Waals surface area contributed by atoms with Crippen molar-refractivity contribution in [3.63, 3.8) is 0 Å². The Bertz CT molecular complexity index is 494. The molecule has 1 N–H and O–H groups in total. The summed E-state index contributed by atoms with van der Waals surface area (Å²) in [6.07, 6.45) is 6.37. The molecule has 1 aliphatic carbocycles. The number of amides is 1. The van der Waals surface area contributed by atoms with Crippen LogP contribution in [0.1, 0.15) is 32.1 Å². The molecule has 0 radical (unpaired) electrons. The Morgan fingerprint density at radius 1 is 1.22 bits per heavy atom. The highest BCUT2D eigenvalue weighted by Gasteiger charge is 2.40. The first-order valence-corrected chi connectivity index (χ1v) is 8.49. The van der Waals surface area contributed by atoms with Crippen LogP contribution < -0.4 is 10.2 Å². The molecule has 0 aromatic heterocycles. The van der Waals surface area contributed by atoms with E-state index in [1.54, 1.807) is 4.90 Å². The van der Waals surface area contributed by atoms with E-state index in [1.807, 2.05) is 37.4 Å². The van der Waals surface area contributed by atoms with E-state index in [2.05, 4.69) is 10.2 Å². The van der Waals surface area contributed by atoms with Gasteiger partial charge in [-0.2, -0.15) is 0 Å². The molecular weight excluding hydrogens is 310 g/mol. The molecule has 1 aromatic rings. The van der Waals surface area contributed by atoms with Crippen molar-refractivity contribution >= 4 is 24.0 Å². The van der Waals surface area contributed by atoms with Crippen molar-refractivity contribution in [3.8, 4) is 0 Å². The molecule has 1 spiro atoms. The van der Waals surface area contributed by atoms with Gasteiger partial charge >= 0.3 is 0 Å². The Morgan fingerprint density at radius 3 is 2.61 bits per heavy atom. The maximum atomic E-state index is 12.7. The summed E-state index contributed by atoms with van der Waals surface area (Å²) in [5.74, 6) is 0.193. The molecule has 4 nitrogen and oxygen atoms in total. The van der Waals surface area contributed by atoms with Gasteiger partial charge in [0.15, 0.2) is 0 Å². The van der Waals surface area contributed by atoms with E-state index in [9.17, 15) is 4.79 Å².